The van der Waals surface area contributed by atoms with Crippen molar-refractivity contribution in [2.24, 2.45) is 5.73 Å². The summed E-state index contributed by atoms with van der Waals surface area (Å²) in [5.41, 5.74) is 9.45. The first kappa shape index (κ1) is 19.6. The largest absolute Gasteiger partial charge is 0.493 e. The van der Waals surface area contributed by atoms with Gasteiger partial charge in [0.1, 0.15) is 5.75 Å². The maximum atomic E-state index is 6.42. The summed E-state index contributed by atoms with van der Waals surface area (Å²) in [7, 11) is 0. The van der Waals surface area contributed by atoms with Gasteiger partial charge < -0.3 is 10.5 Å². The smallest absolute Gasteiger partial charge is 0.125 e. The lowest BCUT2D eigenvalue weighted by Gasteiger charge is -2.22. The van der Waals surface area contributed by atoms with Crippen molar-refractivity contribution in [3.63, 3.8) is 0 Å². The van der Waals surface area contributed by atoms with Crippen LogP contribution >= 0.6 is 24.0 Å². The average molecular weight is 320 g/mol. The molecule has 0 aliphatic carbocycles. The van der Waals surface area contributed by atoms with Crippen molar-refractivity contribution < 1.29 is 4.74 Å². The van der Waals surface area contributed by atoms with E-state index < -0.39 is 0 Å². The highest BCUT2D eigenvalue weighted by atomic mass is 35.5. The third kappa shape index (κ3) is 4.83. The molecular weight excluding hydrogens is 293 g/mol. The van der Waals surface area contributed by atoms with Crippen LogP contribution in [-0.2, 0) is 6.42 Å². The first-order valence-corrected chi connectivity index (χ1v) is 7.46. The van der Waals surface area contributed by atoms with Gasteiger partial charge in [-0.15, -0.1) is 12.4 Å². The van der Waals surface area contributed by atoms with Gasteiger partial charge in [-0.3, -0.25) is 0 Å². The molecule has 1 rings (SSSR count). The van der Waals surface area contributed by atoms with Gasteiger partial charge in [0.15, 0.2) is 0 Å². The quantitative estimate of drug-likeness (QED) is 0.811. The normalized spacial score (nSPS) is 12.2. The van der Waals surface area contributed by atoms with Crippen LogP contribution in [0.4, 0.5) is 0 Å². The number of hydrogen-bond donors (Lipinski definition) is 1. The highest BCUT2D eigenvalue weighted by Crippen LogP contribution is 2.37. The van der Waals surface area contributed by atoms with Crippen molar-refractivity contribution in [2.45, 2.75) is 59.4 Å². The molecule has 0 spiro atoms. The van der Waals surface area contributed by atoms with E-state index in [9.17, 15) is 0 Å². The predicted molar refractivity (Wildman–Crippen MR) is 90.7 cm³/mol. The summed E-state index contributed by atoms with van der Waals surface area (Å²) >= 11 is 6.42. The Morgan fingerprint density at radius 2 is 1.90 bits per heavy atom. The zero-order valence-electron chi connectivity index (χ0n) is 13.1. The van der Waals surface area contributed by atoms with Gasteiger partial charge in [-0.1, -0.05) is 32.4 Å². The molecule has 1 unspecified atom stereocenters. The highest BCUT2D eigenvalue weighted by Gasteiger charge is 2.19. The fourth-order valence-corrected chi connectivity index (χ4v) is 2.89. The second kappa shape index (κ2) is 8.76. The maximum absolute atomic E-state index is 6.42. The Balaban J connectivity index is 0.00000361. The van der Waals surface area contributed by atoms with Crippen LogP contribution < -0.4 is 10.5 Å². The summed E-state index contributed by atoms with van der Waals surface area (Å²) in [6.07, 6.45) is 1.80. The minimum Gasteiger partial charge on any atom is -0.493 e. The van der Waals surface area contributed by atoms with Crippen LogP contribution in [0, 0.1) is 6.92 Å². The molecule has 0 fully saturated rings. The molecule has 0 bridgehead atoms. The van der Waals surface area contributed by atoms with Crippen LogP contribution in [0.2, 0.25) is 5.02 Å². The Hall–Kier alpha value is -0.440. The zero-order valence-corrected chi connectivity index (χ0v) is 14.7. The first-order chi connectivity index (χ1) is 8.88. The predicted octanol–water partition coefficient (Wildman–Crippen LogP) is 4.87. The Bertz CT molecular complexity index is 431. The van der Waals surface area contributed by atoms with Gasteiger partial charge in [-0.2, -0.15) is 0 Å². The lowest BCUT2D eigenvalue weighted by molar-refractivity contribution is 0.311. The van der Waals surface area contributed by atoms with Gasteiger partial charge in [0.25, 0.3) is 0 Å². The molecule has 0 saturated heterocycles. The standard InChI is InChI=1S/C16H26ClNO.ClH/c1-6-7-19-16-11(4)8-14(17)15(10(2)3)13(16)9-12(5)18;/h8,10,12H,6-7,9,18H2,1-5H3;1H. The van der Waals surface area contributed by atoms with E-state index in [-0.39, 0.29) is 18.4 Å². The van der Waals surface area contributed by atoms with Crippen molar-refractivity contribution in [2.75, 3.05) is 6.61 Å². The molecule has 20 heavy (non-hydrogen) atoms. The molecule has 0 aromatic heterocycles. The van der Waals surface area contributed by atoms with Gasteiger partial charge in [0.05, 0.1) is 6.61 Å². The van der Waals surface area contributed by atoms with Gasteiger partial charge in [-0.25, -0.2) is 0 Å². The Kier molecular flexibility index (Phi) is 8.57. The van der Waals surface area contributed by atoms with E-state index in [2.05, 4.69) is 20.8 Å². The molecule has 2 N–H and O–H groups in total. The monoisotopic (exact) mass is 319 g/mol. The van der Waals surface area contributed by atoms with E-state index in [1.165, 1.54) is 11.1 Å². The number of rotatable bonds is 6. The Morgan fingerprint density at radius 1 is 1.30 bits per heavy atom. The van der Waals surface area contributed by atoms with E-state index in [1.54, 1.807) is 0 Å². The highest BCUT2D eigenvalue weighted by molar-refractivity contribution is 6.31. The molecule has 0 heterocycles. The van der Waals surface area contributed by atoms with Crippen molar-refractivity contribution in [3.8, 4) is 5.75 Å². The van der Waals surface area contributed by atoms with Crippen LogP contribution in [0.25, 0.3) is 0 Å². The van der Waals surface area contributed by atoms with E-state index in [1.807, 2.05) is 19.9 Å². The summed E-state index contributed by atoms with van der Waals surface area (Å²) in [6, 6.07) is 2.10. The fraction of sp³-hybridized carbons (Fsp3) is 0.625. The van der Waals surface area contributed by atoms with Gasteiger partial charge in [0.2, 0.25) is 0 Å². The SMILES string of the molecule is CCCOc1c(C)cc(Cl)c(C(C)C)c1CC(C)N.Cl. The second-order valence-corrected chi connectivity index (χ2v) is 5.99. The molecule has 0 aliphatic heterocycles. The first-order valence-electron chi connectivity index (χ1n) is 7.08. The molecule has 0 saturated carbocycles. The number of aryl methyl sites for hydroxylation is 1. The van der Waals surface area contributed by atoms with E-state index in [0.29, 0.717) is 5.92 Å². The third-order valence-corrected chi connectivity index (χ3v) is 3.42. The van der Waals surface area contributed by atoms with Crippen molar-refractivity contribution in [1.29, 1.82) is 0 Å². The number of benzene rings is 1. The van der Waals surface area contributed by atoms with Gasteiger partial charge in [-0.05, 0) is 49.8 Å². The zero-order chi connectivity index (χ0) is 14.6. The average Bonchev–Trinajstić information content (AvgIpc) is 2.26. The Labute approximate surface area is 134 Å². The van der Waals surface area contributed by atoms with E-state index in [0.717, 1.165) is 35.8 Å². The number of nitrogens with two attached hydrogens (primary N) is 1. The van der Waals surface area contributed by atoms with Crippen molar-refractivity contribution in [1.82, 2.24) is 0 Å². The minimum atomic E-state index is 0. The molecule has 2 nitrogen and oxygen atoms in total. The topological polar surface area (TPSA) is 35.2 Å². The van der Waals surface area contributed by atoms with Crippen LogP contribution in [0.1, 0.15) is 56.7 Å². The fourth-order valence-electron chi connectivity index (χ4n) is 2.39. The van der Waals surface area contributed by atoms with E-state index in [4.69, 9.17) is 22.1 Å². The molecule has 116 valence electrons. The molecule has 4 heteroatoms. The summed E-state index contributed by atoms with van der Waals surface area (Å²) in [5, 5.41) is 0.826. The molecule has 0 radical (unpaired) electrons. The van der Waals surface area contributed by atoms with Gasteiger partial charge >= 0.3 is 0 Å². The lowest BCUT2D eigenvalue weighted by atomic mass is 9.91. The van der Waals surface area contributed by atoms with Crippen molar-refractivity contribution in [3.05, 3.63) is 27.8 Å². The van der Waals surface area contributed by atoms with Crippen LogP contribution in [-0.4, -0.2) is 12.6 Å². The third-order valence-electron chi connectivity index (χ3n) is 3.11. The van der Waals surface area contributed by atoms with Crippen LogP contribution in [0.15, 0.2) is 6.07 Å². The van der Waals surface area contributed by atoms with Crippen molar-refractivity contribution >= 4 is 24.0 Å². The van der Waals surface area contributed by atoms with Crippen LogP contribution in [0.3, 0.4) is 0 Å². The van der Waals surface area contributed by atoms with Gasteiger partial charge in [0, 0.05) is 16.6 Å². The molecule has 0 amide bonds. The van der Waals surface area contributed by atoms with Crippen LogP contribution in [0.5, 0.6) is 5.75 Å². The molecule has 0 aliphatic rings. The van der Waals surface area contributed by atoms with E-state index >= 15 is 0 Å². The molecule has 1 aromatic carbocycles. The molecular formula is C16H27Cl2NO. The number of hydrogen-bond acceptors (Lipinski definition) is 2. The Morgan fingerprint density at radius 3 is 2.35 bits per heavy atom. The maximum Gasteiger partial charge on any atom is 0.125 e. The second-order valence-electron chi connectivity index (χ2n) is 5.58. The minimum absolute atomic E-state index is 0. The summed E-state index contributed by atoms with van der Waals surface area (Å²) in [6.45, 7) is 11.2. The number of halogens is 2. The molecule has 1 aromatic rings. The summed E-state index contributed by atoms with van der Waals surface area (Å²) in [5.74, 6) is 1.35. The lowest BCUT2D eigenvalue weighted by Crippen LogP contribution is -2.20. The summed E-state index contributed by atoms with van der Waals surface area (Å²) < 4.78 is 5.95. The molecule has 1 atom stereocenters. The number of ether oxygens (including phenoxy) is 1. The summed E-state index contributed by atoms with van der Waals surface area (Å²) in [4.78, 5) is 0.